The second-order valence-electron chi connectivity index (χ2n) is 6.41. The van der Waals surface area contributed by atoms with E-state index in [0.29, 0.717) is 6.42 Å². The summed E-state index contributed by atoms with van der Waals surface area (Å²) in [6, 6.07) is 0. The zero-order valence-corrected chi connectivity index (χ0v) is 18.2. The number of carbonyl (C=O) groups excluding carboxylic acids is 1. The lowest BCUT2D eigenvalue weighted by atomic mass is 10.0. The van der Waals surface area contributed by atoms with Gasteiger partial charge in [0, 0.05) is 0 Å². The van der Waals surface area contributed by atoms with Crippen LogP contribution in [0.1, 0.15) is 83.5 Å². The minimum Gasteiger partial charge on any atom is -0.460 e. The molecule has 26 heavy (non-hydrogen) atoms. The molecule has 0 spiro atoms. The molecular weight excluding hydrogens is 481 g/mol. The summed E-state index contributed by atoms with van der Waals surface area (Å²) in [6.07, 6.45) is 14.6. The van der Waals surface area contributed by atoms with E-state index in [9.17, 15) is 22.0 Å². The van der Waals surface area contributed by atoms with E-state index >= 15 is 0 Å². The van der Waals surface area contributed by atoms with Crippen molar-refractivity contribution in [1.82, 2.24) is 0 Å². The van der Waals surface area contributed by atoms with Crippen molar-refractivity contribution in [2.24, 2.45) is 0 Å². The largest absolute Gasteiger partial charge is 0.465 e. The molecule has 0 aromatic rings. The molecule has 9 heteroatoms. The van der Waals surface area contributed by atoms with Crippen LogP contribution in [0.5, 0.6) is 0 Å². The number of hydrogen-bond donors (Lipinski definition) is 1. The van der Waals surface area contributed by atoms with Crippen molar-refractivity contribution in [2.75, 3.05) is 11.0 Å². The van der Waals surface area contributed by atoms with E-state index in [2.05, 4.69) is 27.3 Å². The smallest absolute Gasteiger partial charge is 0.460 e. The fraction of sp³-hybridized carbons (Fsp3) is 0.941. The van der Waals surface area contributed by atoms with Crippen LogP contribution in [0, 0.1) is 0 Å². The second kappa shape index (κ2) is 15.0. The van der Waals surface area contributed by atoms with E-state index in [1.54, 1.807) is 0 Å². The Bertz CT molecular complexity index is 472. The predicted molar refractivity (Wildman–Crippen MR) is 106 cm³/mol. The molecule has 0 radical (unpaired) electrons. The van der Waals surface area contributed by atoms with Gasteiger partial charge in [-0.1, -0.05) is 93.2 Å². The first-order valence-corrected chi connectivity index (χ1v) is 12.3. The maximum absolute atomic E-state index is 12.9. The highest BCUT2D eigenvalue weighted by Gasteiger charge is 2.54. The molecule has 0 aromatic heterocycles. The van der Waals surface area contributed by atoms with E-state index in [0.717, 1.165) is 25.7 Å². The topological polar surface area (TPSA) is 80.7 Å². The molecule has 156 valence electrons. The zero-order chi connectivity index (χ0) is 19.9. The molecule has 0 heterocycles. The molecule has 0 amide bonds. The van der Waals surface area contributed by atoms with Crippen LogP contribution in [0.4, 0.5) is 8.78 Å². The Balaban J connectivity index is 3.41. The maximum atomic E-state index is 12.9. The molecule has 0 fully saturated rings. The monoisotopic (exact) mass is 512 g/mol. The number of esters is 1. The minimum atomic E-state index is -5.78. The highest BCUT2D eigenvalue weighted by molar-refractivity contribution is 14.1. The van der Waals surface area contributed by atoms with Gasteiger partial charge in [-0.15, -0.1) is 0 Å². The lowest BCUT2D eigenvalue weighted by Crippen LogP contribution is -2.39. The molecule has 0 aliphatic heterocycles. The Kier molecular flexibility index (Phi) is 14.9. The van der Waals surface area contributed by atoms with Crippen molar-refractivity contribution in [3.63, 3.8) is 0 Å². The summed E-state index contributed by atoms with van der Waals surface area (Å²) in [4.78, 5) is 10.9. The number of rotatable bonds is 17. The minimum absolute atomic E-state index is 0.276. The molecule has 0 unspecified atom stereocenters. The van der Waals surface area contributed by atoms with Crippen molar-refractivity contribution in [1.29, 1.82) is 0 Å². The van der Waals surface area contributed by atoms with Gasteiger partial charge in [0.1, 0.15) is 0 Å². The lowest BCUT2D eigenvalue weighted by Gasteiger charge is -2.11. The van der Waals surface area contributed by atoms with Gasteiger partial charge in [-0.3, -0.25) is 4.55 Å². The van der Waals surface area contributed by atoms with Gasteiger partial charge in [-0.2, -0.15) is 17.2 Å². The van der Waals surface area contributed by atoms with Crippen LogP contribution < -0.4 is 0 Å². The number of halogens is 3. The summed E-state index contributed by atoms with van der Waals surface area (Å²) in [6.45, 7) is -0.276. The molecule has 0 bridgehead atoms. The Labute approximate surface area is 169 Å². The highest BCUT2D eigenvalue weighted by Crippen LogP contribution is 2.22. The Hall–Kier alpha value is -0.0300. The summed E-state index contributed by atoms with van der Waals surface area (Å²) < 4.78 is 60.2. The molecule has 0 atom stereocenters. The molecule has 0 aliphatic rings. The summed E-state index contributed by atoms with van der Waals surface area (Å²) in [7, 11) is -5.78. The van der Waals surface area contributed by atoms with Crippen molar-refractivity contribution in [3.05, 3.63) is 0 Å². The molecule has 1 N–H and O–H groups in total. The standard InChI is InChI=1S/C17H31F2IO5S/c18-17(19,26(22,23)24)16(21)25-15-13-11-9-7-5-3-1-2-4-6-8-10-12-14-20/h1-15H2,(H,22,23,24). The van der Waals surface area contributed by atoms with Gasteiger partial charge in [-0.25, -0.2) is 4.79 Å². The maximum Gasteiger partial charge on any atom is 0.465 e. The summed E-state index contributed by atoms with van der Waals surface area (Å²) >= 11 is 2.41. The number of alkyl halides is 3. The van der Waals surface area contributed by atoms with E-state index < -0.39 is 21.3 Å². The molecule has 0 saturated carbocycles. The third kappa shape index (κ3) is 12.4. The van der Waals surface area contributed by atoms with Crippen LogP contribution in [0.15, 0.2) is 0 Å². The fourth-order valence-electron chi connectivity index (χ4n) is 2.50. The van der Waals surface area contributed by atoms with E-state index in [1.807, 2.05) is 0 Å². The third-order valence-corrected chi connectivity index (χ3v) is 5.65. The molecule has 0 rings (SSSR count). The van der Waals surface area contributed by atoms with Crippen LogP contribution in [0.2, 0.25) is 0 Å². The first kappa shape index (κ1) is 26.0. The number of carbonyl (C=O) groups is 1. The van der Waals surface area contributed by atoms with Crippen LogP contribution in [0.25, 0.3) is 0 Å². The first-order chi connectivity index (χ1) is 12.2. The molecule has 0 aromatic carbocycles. The number of hydrogen-bond acceptors (Lipinski definition) is 4. The summed E-state index contributed by atoms with van der Waals surface area (Å²) in [5.41, 5.74) is 0. The fourth-order valence-corrected chi connectivity index (χ4v) is 3.30. The Morgan fingerprint density at radius 1 is 0.808 bits per heavy atom. The summed E-state index contributed by atoms with van der Waals surface area (Å²) in [5, 5.41) is -4.90. The van der Waals surface area contributed by atoms with Crippen molar-refractivity contribution in [3.8, 4) is 0 Å². The van der Waals surface area contributed by atoms with Crippen LogP contribution in [-0.2, 0) is 19.6 Å². The van der Waals surface area contributed by atoms with E-state index in [1.165, 1.54) is 55.8 Å². The molecular formula is C17H31F2IO5S. The first-order valence-electron chi connectivity index (χ1n) is 9.31. The van der Waals surface area contributed by atoms with Gasteiger partial charge >= 0.3 is 21.3 Å². The van der Waals surface area contributed by atoms with Crippen LogP contribution in [0.3, 0.4) is 0 Å². The van der Waals surface area contributed by atoms with Crippen molar-refractivity contribution >= 4 is 38.7 Å². The van der Waals surface area contributed by atoms with Crippen molar-refractivity contribution in [2.45, 2.75) is 88.7 Å². The van der Waals surface area contributed by atoms with Crippen molar-refractivity contribution < 1.29 is 31.3 Å². The second-order valence-corrected chi connectivity index (χ2v) is 8.95. The average Bonchev–Trinajstić information content (AvgIpc) is 2.57. The van der Waals surface area contributed by atoms with Gasteiger partial charge in [0.25, 0.3) is 0 Å². The van der Waals surface area contributed by atoms with Gasteiger partial charge in [-0.05, 0) is 17.3 Å². The van der Waals surface area contributed by atoms with E-state index in [4.69, 9.17) is 4.55 Å². The van der Waals surface area contributed by atoms with Gasteiger partial charge in [0.05, 0.1) is 6.61 Å². The van der Waals surface area contributed by atoms with Gasteiger partial charge < -0.3 is 4.74 Å². The Morgan fingerprint density at radius 2 is 1.15 bits per heavy atom. The average molecular weight is 512 g/mol. The van der Waals surface area contributed by atoms with Crippen LogP contribution in [-0.4, -0.2) is 35.2 Å². The van der Waals surface area contributed by atoms with Gasteiger partial charge in [0.15, 0.2) is 0 Å². The predicted octanol–water partition coefficient (Wildman–Crippen LogP) is 5.52. The summed E-state index contributed by atoms with van der Waals surface area (Å²) in [5.74, 6) is -2.23. The lowest BCUT2D eigenvalue weighted by molar-refractivity contribution is -0.161. The van der Waals surface area contributed by atoms with E-state index in [-0.39, 0.29) is 6.61 Å². The van der Waals surface area contributed by atoms with Gasteiger partial charge in [0.2, 0.25) is 0 Å². The zero-order valence-electron chi connectivity index (χ0n) is 15.2. The third-order valence-electron chi connectivity index (χ3n) is 4.07. The quantitative estimate of drug-likeness (QED) is 0.0914. The molecule has 0 aliphatic carbocycles. The highest BCUT2D eigenvalue weighted by atomic mass is 127. The SMILES string of the molecule is O=C(OCCCCCCCCCCCCCCCI)C(F)(F)S(=O)(=O)O. The number of ether oxygens (including phenoxy) is 1. The normalized spacial score (nSPS) is 12.3. The number of unbranched alkanes of at least 4 members (excludes halogenated alkanes) is 12. The van der Waals surface area contributed by atoms with Crippen LogP contribution >= 0.6 is 22.6 Å². The molecule has 5 nitrogen and oxygen atoms in total. The molecule has 0 saturated heterocycles. The Morgan fingerprint density at radius 3 is 1.50 bits per heavy atom.